The van der Waals surface area contributed by atoms with E-state index in [2.05, 4.69) is 59.2 Å². The summed E-state index contributed by atoms with van der Waals surface area (Å²) in [6, 6.07) is 51.4. The van der Waals surface area contributed by atoms with Gasteiger partial charge in [0.15, 0.2) is 28.9 Å². The molecule has 8 heteroatoms. The van der Waals surface area contributed by atoms with Crippen molar-refractivity contribution in [3.05, 3.63) is 242 Å². The third kappa shape index (κ3) is 6.61. The minimum absolute atomic E-state index is 0.0133. The van der Waals surface area contributed by atoms with Gasteiger partial charge in [-0.25, -0.2) is 19.9 Å². The Hall–Kier alpha value is -10.0. The highest BCUT2D eigenvalue weighted by Crippen LogP contribution is 2.43. The fourth-order valence-electron chi connectivity index (χ4n) is 10.7. The Kier molecular flexibility index (Phi) is 7.11. The maximum Gasteiger partial charge on any atom is 0.197 e. The van der Waals surface area contributed by atoms with E-state index in [1.165, 1.54) is 0 Å². The van der Waals surface area contributed by atoms with Crippen molar-refractivity contribution in [2.24, 2.45) is 0 Å². The molecule has 7 nitrogen and oxygen atoms in total. The van der Waals surface area contributed by atoms with Crippen molar-refractivity contribution in [2.45, 2.75) is 0 Å². The molecule has 17 aromatic rings. The van der Waals surface area contributed by atoms with Gasteiger partial charge in [-0.2, -0.15) is 0 Å². The zero-order valence-electron chi connectivity index (χ0n) is 51.7. The molecular weight excluding hydrogens is 949 g/mol. The van der Waals surface area contributed by atoms with Crippen LogP contribution in [0, 0.1) is 0 Å². The molecule has 0 aliphatic rings. The summed E-state index contributed by atoms with van der Waals surface area (Å²) in [6.07, 6.45) is 0. The monoisotopic (exact) mass is 1000 g/mol. The Bertz CT molecular complexity index is 5930. The Morgan fingerprint density at radius 2 is 0.908 bits per heavy atom. The predicted octanol–water partition coefficient (Wildman–Crippen LogP) is 18.2. The predicted molar refractivity (Wildman–Crippen MR) is 316 cm³/mol. The number of fused-ring (bicyclic) bond motifs is 15. The molecule has 0 atom stereocenters. The van der Waals surface area contributed by atoms with E-state index < -0.39 is 54.4 Å². The van der Waals surface area contributed by atoms with Crippen LogP contribution in [0.3, 0.4) is 0 Å². The van der Waals surface area contributed by atoms with Crippen molar-refractivity contribution >= 4 is 130 Å². The number of rotatable bonds is 4. The molecule has 0 N–H and O–H groups in total. The van der Waals surface area contributed by atoms with Crippen molar-refractivity contribution in [1.29, 1.82) is 0 Å². The van der Waals surface area contributed by atoms with Crippen LogP contribution in [-0.4, -0.2) is 29.1 Å². The van der Waals surface area contributed by atoms with E-state index in [0.717, 1.165) is 79.9 Å². The lowest BCUT2D eigenvalue weighted by atomic mass is 10.1. The molecule has 0 radical (unpaired) electrons. The smallest absolute Gasteiger partial charge is 0.197 e. The molecule has 0 spiro atoms. The first kappa shape index (κ1) is 32.2. The van der Waals surface area contributed by atoms with E-state index in [1.807, 2.05) is 120 Å². The lowest BCUT2D eigenvalue weighted by molar-refractivity contribution is 0.662. The van der Waals surface area contributed by atoms with E-state index in [0.29, 0.717) is 39.2 Å². The van der Waals surface area contributed by atoms with Gasteiger partial charge in [0.1, 0.15) is 11.1 Å². The molecule has 0 saturated heterocycles. The van der Waals surface area contributed by atoms with Crippen LogP contribution >= 0.6 is 11.3 Å². The van der Waals surface area contributed by atoms with E-state index in [1.54, 1.807) is 11.3 Å². The van der Waals surface area contributed by atoms with Crippen molar-refractivity contribution < 1.29 is 20.9 Å². The normalized spacial score (nSPS) is 14.2. The van der Waals surface area contributed by atoms with Crippen LogP contribution in [0.2, 0.25) is 0 Å². The van der Waals surface area contributed by atoms with Gasteiger partial charge in [0, 0.05) is 48.1 Å². The molecule has 0 fully saturated rings. The van der Waals surface area contributed by atoms with Crippen LogP contribution in [-0.2, 0) is 0 Å². The quantitative estimate of drug-likeness (QED) is 0.176. The van der Waals surface area contributed by atoms with Crippen LogP contribution in [0.1, 0.15) is 16.4 Å². The zero-order valence-corrected chi connectivity index (χ0v) is 40.5. The van der Waals surface area contributed by atoms with Gasteiger partial charge in [0.05, 0.1) is 48.7 Å². The van der Waals surface area contributed by atoms with Crippen LogP contribution in [0.4, 0.5) is 0 Å². The summed E-state index contributed by atoms with van der Waals surface area (Å²) in [7, 11) is 0. The van der Waals surface area contributed by atoms with Gasteiger partial charge in [-0.3, -0.25) is 9.13 Å². The largest absolute Gasteiger partial charge is 0.450 e. The molecular formula is C68H40N6OS. The molecule has 6 heterocycles. The van der Waals surface area contributed by atoms with E-state index >= 15 is 0 Å². The van der Waals surface area contributed by atoms with Gasteiger partial charge in [0.2, 0.25) is 0 Å². The molecule has 6 aromatic heterocycles. The van der Waals surface area contributed by atoms with Crippen LogP contribution in [0.5, 0.6) is 0 Å². The Balaban J connectivity index is 0.000000143. The number of furan rings is 1. The number of hydrogen-bond donors (Lipinski definition) is 0. The minimum Gasteiger partial charge on any atom is -0.450 e. The third-order valence-electron chi connectivity index (χ3n) is 14.1. The molecule has 0 aliphatic carbocycles. The van der Waals surface area contributed by atoms with E-state index in [9.17, 15) is 1.37 Å². The second-order valence-electron chi connectivity index (χ2n) is 18.4. The van der Waals surface area contributed by atoms with Gasteiger partial charge < -0.3 is 4.42 Å². The third-order valence-corrected chi connectivity index (χ3v) is 15.3. The number of benzene rings is 11. The Labute approximate surface area is 454 Å². The summed E-state index contributed by atoms with van der Waals surface area (Å²) in [5, 5.41) is 9.79. The van der Waals surface area contributed by atoms with Gasteiger partial charge in [-0.15, -0.1) is 11.3 Å². The fraction of sp³-hybridized carbons (Fsp3) is 0. The maximum atomic E-state index is 9.19. The van der Waals surface area contributed by atoms with Gasteiger partial charge in [-0.05, 0) is 93.0 Å². The number of para-hydroxylation sites is 3. The first-order valence-electron chi connectivity index (χ1n) is 30.5. The minimum atomic E-state index is -0.522. The first-order chi connectivity index (χ1) is 42.7. The SMILES string of the molecule is [2H]c1c([2H])c([2H])c(-c2nc(-n3c4ccccc4c4cc5ccccc5cc43)c3sc4ccccc4c3n2)c([2H])c1[2H].[2H]c1c([2H])c([2H])c2c([2H])c(-c3nc(-n4c5ccccc5c5cc6ccccc6cc54)c4oc5ccccc5c4n3)c([2H])c([2H])c2c1[2H]. The molecule has 354 valence electrons. The standard InChI is InChI=1S/C36H21N3O.C32H19N3S/c1-2-10-23-19-26(18-17-22(23)9-1)35-37-33-28-14-6-8-16-32(28)40-34(33)36(38-35)39-30-15-7-5-13-27(30)29-20-24-11-3-4-12-25(24)21-31(29)39;1-2-10-20(11-3-1)31-33-29-24-15-7-9-17-28(24)36-30(29)32(34-31)35-26-16-8-6-14-23(26)25-18-21-12-4-5-13-22(21)19-27(25)35/h1-21H;1-19H/i1D,2D,9D,10D,17D,18D,19D;1D,2D,3D,10D,11D. The van der Waals surface area contributed by atoms with Gasteiger partial charge in [-0.1, -0.05) is 182 Å². The molecule has 76 heavy (non-hydrogen) atoms. The Morgan fingerprint density at radius 3 is 1.61 bits per heavy atom. The maximum absolute atomic E-state index is 9.19. The summed E-state index contributed by atoms with van der Waals surface area (Å²) in [6.45, 7) is 0. The second kappa shape index (κ2) is 16.8. The lowest BCUT2D eigenvalue weighted by Gasteiger charge is -2.11. The number of hydrogen-bond acceptors (Lipinski definition) is 6. The van der Waals surface area contributed by atoms with Crippen LogP contribution in [0.25, 0.3) is 153 Å². The van der Waals surface area contributed by atoms with Crippen molar-refractivity contribution in [2.75, 3.05) is 0 Å². The van der Waals surface area contributed by atoms with Crippen LogP contribution in [0.15, 0.2) is 247 Å². The molecule has 0 aliphatic heterocycles. The van der Waals surface area contributed by atoms with Gasteiger partial charge in [0.25, 0.3) is 0 Å². The van der Waals surface area contributed by atoms with Crippen molar-refractivity contribution in [3.63, 3.8) is 0 Å². The zero-order chi connectivity index (χ0) is 60.3. The number of thiophene rings is 1. The average Bonchev–Trinajstić information content (AvgIpc) is 1.47. The summed E-state index contributed by atoms with van der Waals surface area (Å²) in [4.78, 5) is 19.7. The Morgan fingerprint density at radius 1 is 0.382 bits per heavy atom. The number of aromatic nitrogens is 6. The average molecular weight is 1000 g/mol. The van der Waals surface area contributed by atoms with Crippen molar-refractivity contribution in [3.8, 4) is 34.4 Å². The highest BCUT2D eigenvalue weighted by atomic mass is 32.1. The molecule has 0 saturated carbocycles. The lowest BCUT2D eigenvalue weighted by Crippen LogP contribution is -2.01. The number of nitrogens with zero attached hydrogens (tertiary/aromatic N) is 6. The molecule has 0 unspecified atom stereocenters. The van der Waals surface area contributed by atoms with E-state index in [-0.39, 0.29) is 51.7 Å². The molecule has 0 bridgehead atoms. The molecule has 17 rings (SSSR count). The summed E-state index contributed by atoms with van der Waals surface area (Å²) < 4.78 is 115. The van der Waals surface area contributed by atoms with Gasteiger partial charge >= 0.3 is 0 Å². The molecule has 0 amide bonds. The fourth-order valence-corrected chi connectivity index (χ4v) is 11.8. The summed E-state index contributed by atoms with van der Waals surface area (Å²) in [5.41, 5.74) is 5.64. The van der Waals surface area contributed by atoms with Crippen LogP contribution < -0.4 is 0 Å². The summed E-state index contributed by atoms with van der Waals surface area (Å²) in [5.74, 6) is 1.06. The highest BCUT2D eigenvalue weighted by molar-refractivity contribution is 7.26. The van der Waals surface area contributed by atoms with E-state index in [4.69, 9.17) is 39.4 Å². The second-order valence-corrected chi connectivity index (χ2v) is 19.5. The molecule has 11 aromatic carbocycles. The highest BCUT2D eigenvalue weighted by Gasteiger charge is 2.24. The summed E-state index contributed by atoms with van der Waals surface area (Å²) >= 11 is 1.58. The first-order valence-corrected chi connectivity index (χ1v) is 25.3. The topological polar surface area (TPSA) is 74.6 Å². The van der Waals surface area contributed by atoms with Crippen molar-refractivity contribution in [1.82, 2.24) is 29.1 Å².